The summed E-state index contributed by atoms with van der Waals surface area (Å²) in [6, 6.07) is 3.75. The molecule has 1 amide bonds. The van der Waals surface area contributed by atoms with Gasteiger partial charge in [-0.05, 0) is 25.0 Å². The number of hydrogen-bond donors (Lipinski definition) is 3. The topological polar surface area (TPSA) is 78.6 Å². The van der Waals surface area contributed by atoms with Crippen molar-refractivity contribution in [2.24, 2.45) is 5.84 Å². The summed E-state index contributed by atoms with van der Waals surface area (Å²) >= 11 is 1.46. The molecule has 6 heteroatoms. The van der Waals surface area contributed by atoms with E-state index in [9.17, 15) is 9.90 Å². The molecule has 0 bridgehead atoms. The molecule has 5 nitrogen and oxygen atoms in total. The average molecular weight is 255 g/mol. The number of thiophene rings is 1. The average Bonchev–Trinajstić information content (AvgIpc) is 2.80. The quantitative estimate of drug-likeness (QED) is 0.412. The van der Waals surface area contributed by atoms with Crippen LogP contribution in [0.2, 0.25) is 0 Å². The lowest BCUT2D eigenvalue weighted by atomic mass is 10.1. The van der Waals surface area contributed by atoms with Crippen molar-refractivity contribution in [3.63, 3.8) is 0 Å². The fraction of sp³-hybridized carbons (Fsp3) is 0.545. The van der Waals surface area contributed by atoms with E-state index in [4.69, 9.17) is 5.84 Å². The Kier molecular flexibility index (Phi) is 4.11. The van der Waals surface area contributed by atoms with E-state index in [-0.39, 0.29) is 12.0 Å². The number of hydrazine groups is 1. The van der Waals surface area contributed by atoms with Crippen LogP contribution in [0.4, 0.5) is 0 Å². The molecule has 1 aromatic heterocycles. The zero-order valence-electron chi connectivity index (χ0n) is 9.56. The molecule has 17 heavy (non-hydrogen) atoms. The van der Waals surface area contributed by atoms with Gasteiger partial charge in [-0.15, -0.1) is 11.3 Å². The number of carbonyl (C=O) groups excluding carboxylic acids is 1. The van der Waals surface area contributed by atoms with Crippen molar-refractivity contribution in [3.05, 3.63) is 21.9 Å². The minimum absolute atomic E-state index is 0.145. The van der Waals surface area contributed by atoms with Gasteiger partial charge in [0.05, 0.1) is 11.0 Å². The number of rotatable bonds is 3. The number of piperidine rings is 1. The van der Waals surface area contributed by atoms with Crippen molar-refractivity contribution >= 4 is 17.2 Å². The van der Waals surface area contributed by atoms with Crippen molar-refractivity contribution in [1.82, 2.24) is 10.3 Å². The molecule has 4 N–H and O–H groups in total. The second kappa shape index (κ2) is 5.59. The number of likely N-dealkylation sites (tertiary alicyclic amines) is 1. The third-order valence-electron chi connectivity index (χ3n) is 2.95. The van der Waals surface area contributed by atoms with Crippen molar-refractivity contribution in [2.75, 3.05) is 13.1 Å². The molecule has 0 aromatic carbocycles. The maximum absolute atomic E-state index is 11.3. The summed E-state index contributed by atoms with van der Waals surface area (Å²) in [5.74, 6) is 4.84. The molecule has 0 aliphatic carbocycles. The molecular formula is C11H17N3O2S. The zero-order valence-corrected chi connectivity index (χ0v) is 10.4. The van der Waals surface area contributed by atoms with E-state index in [0.717, 1.165) is 37.4 Å². The highest BCUT2D eigenvalue weighted by Gasteiger charge is 2.17. The van der Waals surface area contributed by atoms with Crippen LogP contribution in [-0.2, 0) is 6.54 Å². The number of carbonyl (C=O) groups is 1. The van der Waals surface area contributed by atoms with E-state index < -0.39 is 0 Å². The van der Waals surface area contributed by atoms with Crippen molar-refractivity contribution < 1.29 is 9.90 Å². The number of nitrogen functional groups attached to an aromatic ring is 1. The third kappa shape index (κ3) is 3.26. The molecule has 94 valence electrons. The first-order chi connectivity index (χ1) is 8.19. The lowest BCUT2D eigenvalue weighted by Crippen LogP contribution is -2.35. The van der Waals surface area contributed by atoms with Crippen molar-refractivity contribution in [3.8, 4) is 0 Å². The van der Waals surface area contributed by atoms with Crippen LogP contribution in [0.15, 0.2) is 12.1 Å². The predicted molar refractivity (Wildman–Crippen MR) is 66.5 cm³/mol. The monoisotopic (exact) mass is 255 g/mol. The molecule has 0 atom stereocenters. The predicted octanol–water partition coefficient (Wildman–Crippen LogP) is 0.308. The lowest BCUT2D eigenvalue weighted by Gasteiger charge is -2.28. The fourth-order valence-corrected chi connectivity index (χ4v) is 2.91. The highest BCUT2D eigenvalue weighted by atomic mass is 32.1. The number of amides is 1. The van der Waals surface area contributed by atoms with E-state index >= 15 is 0 Å². The molecule has 0 unspecified atom stereocenters. The number of nitrogens with zero attached hydrogens (tertiary/aromatic N) is 1. The summed E-state index contributed by atoms with van der Waals surface area (Å²) in [6.45, 7) is 2.67. The van der Waals surface area contributed by atoms with Gasteiger partial charge in [-0.1, -0.05) is 0 Å². The van der Waals surface area contributed by atoms with Crippen LogP contribution in [0, 0.1) is 0 Å². The van der Waals surface area contributed by atoms with Gasteiger partial charge in [0.1, 0.15) is 0 Å². The smallest absolute Gasteiger partial charge is 0.275 e. The molecule has 1 aliphatic heterocycles. The molecule has 2 heterocycles. The zero-order chi connectivity index (χ0) is 12.3. The Bertz CT molecular complexity index is 386. The summed E-state index contributed by atoms with van der Waals surface area (Å²) in [5.41, 5.74) is 2.13. The van der Waals surface area contributed by atoms with Crippen LogP contribution in [0.1, 0.15) is 27.4 Å². The standard InChI is InChI=1S/C11H17N3O2S/c12-13-11(16)10-2-1-9(17-10)7-14-5-3-8(15)4-6-14/h1-2,8,15H,3-7,12H2,(H,13,16). The van der Waals surface area contributed by atoms with E-state index in [1.165, 1.54) is 11.3 Å². The summed E-state index contributed by atoms with van der Waals surface area (Å²) in [5, 5.41) is 9.41. The van der Waals surface area contributed by atoms with Gasteiger partial charge in [0.15, 0.2) is 0 Å². The number of aliphatic hydroxyl groups is 1. The molecular weight excluding hydrogens is 238 g/mol. The highest BCUT2D eigenvalue weighted by Crippen LogP contribution is 2.20. The minimum Gasteiger partial charge on any atom is -0.393 e. The molecule has 1 saturated heterocycles. The molecule has 1 aromatic rings. The van der Waals surface area contributed by atoms with E-state index in [2.05, 4.69) is 10.3 Å². The van der Waals surface area contributed by atoms with Crippen LogP contribution in [0.3, 0.4) is 0 Å². The number of hydrogen-bond acceptors (Lipinski definition) is 5. The summed E-state index contributed by atoms with van der Waals surface area (Å²) in [4.78, 5) is 15.4. The molecule has 1 fully saturated rings. The molecule has 2 rings (SSSR count). The molecule has 0 saturated carbocycles. The van der Waals surface area contributed by atoms with Gasteiger partial charge in [0.25, 0.3) is 5.91 Å². The number of nitrogens with one attached hydrogen (secondary N) is 1. The Balaban J connectivity index is 1.90. The van der Waals surface area contributed by atoms with Gasteiger partial charge in [-0.2, -0.15) is 0 Å². The van der Waals surface area contributed by atoms with E-state index in [1.807, 2.05) is 6.07 Å². The first kappa shape index (κ1) is 12.5. The van der Waals surface area contributed by atoms with E-state index in [1.54, 1.807) is 6.07 Å². The van der Waals surface area contributed by atoms with Gasteiger partial charge in [-0.3, -0.25) is 15.1 Å². The van der Waals surface area contributed by atoms with Crippen LogP contribution in [-0.4, -0.2) is 35.1 Å². The Morgan fingerprint density at radius 2 is 2.24 bits per heavy atom. The maximum Gasteiger partial charge on any atom is 0.275 e. The van der Waals surface area contributed by atoms with Crippen LogP contribution in [0.5, 0.6) is 0 Å². The molecule has 0 spiro atoms. The van der Waals surface area contributed by atoms with Crippen LogP contribution in [0.25, 0.3) is 0 Å². The minimum atomic E-state index is -0.240. The Morgan fingerprint density at radius 1 is 1.53 bits per heavy atom. The summed E-state index contributed by atoms with van der Waals surface area (Å²) in [6.07, 6.45) is 1.52. The van der Waals surface area contributed by atoms with Crippen molar-refractivity contribution in [1.29, 1.82) is 0 Å². The van der Waals surface area contributed by atoms with Gasteiger partial charge >= 0.3 is 0 Å². The van der Waals surface area contributed by atoms with E-state index in [0.29, 0.717) is 4.88 Å². The van der Waals surface area contributed by atoms with Gasteiger partial charge in [-0.25, -0.2) is 5.84 Å². The highest BCUT2D eigenvalue weighted by molar-refractivity contribution is 7.14. The van der Waals surface area contributed by atoms with Gasteiger partial charge in [0.2, 0.25) is 0 Å². The molecule has 0 radical (unpaired) electrons. The first-order valence-electron chi connectivity index (χ1n) is 5.69. The van der Waals surface area contributed by atoms with Crippen LogP contribution >= 0.6 is 11.3 Å². The molecule has 1 aliphatic rings. The SMILES string of the molecule is NNC(=O)c1ccc(CN2CCC(O)CC2)s1. The van der Waals surface area contributed by atoms with Gasteiger partial charge < -0.3 is 5.11 Å². The normalized spacial score (nSPS) is 18.2. The first-order valence-corrected chi connectivity index (χ1v) is 6.51. The summed E-state index contributed by atoms with van der Waals surface area (Å²) in [7, 11) is 0. The van der Waals surface area contributed by atoms with Crippen molar-refractivity contribution in [2.45, 2.75) is 25.5 Å². The Labute approximate surface area is 104 Å². The van der Waals surface area contributed by atoms with Gasteiger partial charge in [0, 0.05) is 24.5 Å². The summed E-state index contributed by atoms with van der Waals surface area (Å²) < 4.78 is 0. The third-order valence-corrected chi connectivity index (χ3v) is 4.02. The maximum atomic E-state index is 11.3. The Morgan fingerprint density at radius 3 is 2.88 bits per heavy atom. The van der Waals surface area contributed by atoms with Crippen LogP contribution < -0.4 is 11.3 Å². The number of nitrogens with two attached hydrogens (primary N) is 1. The Hall–Kier alpha value is -0.950. The second-order valence-electron chi connectivity index (χ2n) is 4.25. The second-order valence-corrected chi connectivity index (χ2v) is 5.42. The largest absolute Gasteiger partial charge is 0.393 e. The number of aliphatic hydroxyl groups excluding tert-OH is 1. The fourth-order valence-electron chi connectivity index (χ4n) is 1.95. The lowest BCUT2D eigenvalue weighted by molar-refractivity contribution is 0.0797.